The molecule has 0 aliphatic heterocycles. The Bertz CT molecular complexity index is 998. The zero-order valence-electron chi connectivity index (χ0n) is 25.3. The average Bonchev–Trinajstić information content (AvgIpc) is 3.28. The molecule has 0 saturated carbocycles. The second kappa shape index (κ2) is 21.8. The van der Waals surface area contributed by atoms with E-state index in [0.29, 0.717) is 17.7 Å². The Labute approximate surface area is 235 Å². The number of unbranched alkanes of at least 4 members (excludes halogenated alkanes) is 16. The number of rotatable bonds is 22. The molecule has 39 heavy (non-hydrogen) atoms. The van der Waals surface area contributed by atoms with E-state index in [2.05, 4.69) is 11.9 Å². The normalized spacial score (nSPS) is 11.9. The highest BCUT2D eigenvalue weighted by molar-refractivity contribution is 5.69. The van der Waals surface area contributed by atoms with E-state index in [9.17, 15) is 14.7 Å². The van der Waals surface area contributed by atoms with Gasteiger partial charge in [0.25, 0.3) is 5.56 Å². The van der Waals surface area contributed by atoms with Crippen LogP contribution in [0.25, 0.3) is 11.2 Å². The number of aliphatic hydroxyl groups excluding tert-OH is 1. The van der Waals surface area contributed by atoms with Crippen LogP contribution in [0.5, 0.6) is 0 Å². The highest BCUT2D eigenvalue weighted by Crippen LogP contribution is 2.15. The first-order chi connectivity index (χ1) is 18.0. The fourth-order valence-corrected chi connectivity index (χ4v) is 5.32. The van der Waals surface area contributed by atoms with Gasteiger partial charge in [-0.25, -0.2) is 9.78 Å². The third-order valence-corrected chi connectivity index (χ3v) is 7.76. The molecule has 228 valence electrons. The zero-order chi connectivity index (χ0) is 26.9. The lowest BCUT2D eigenvalue weighted by atomic mass is 10.0. The van der Waals surface area contributed by atoms with Crippen LogP contribution < -0.4 is 17.4 Å². The first kappa shape index (κ1) is 37.0. The SMILES string of the molecule is CCCCCCCCCCCCCC(O)CCCCCCCCCn1c(=O)c2c(ncn2C)n(C)c1=O.N.O. The lowest BCUT2D eigenvalue weighted by Crippen LogP contribution is -2.39. The molecule has 1 atom stereocenters. The van der Waals surface area contributed by atoms with Gasteiger partial charge in [-0.3, -0.25) is 13.9 Å². The van der Waals surface area contributed by atoms with E-state index in [4.69, 9.17) is 0 Å². The Balaban J connectivity index is 0.00000722. The molecule has 9 heteroatoms. The van der Waals surface area contributed by atoms with Crippen LogP contribution in [0.2, 0.25) is 0 Å². The Morgan fingerprint density at radius 3 is 1.67 bits per heavy atom. The number of aromatic nitrogens is 4. The van der Waals surface area contributed by atoms with Crippen molar-refractivity contribution in [2.45, 2.75) is 148 Å². The maximum absolute atomic E-state index is 12.7. The molecule has 2 rings (SSSR count). The van der Waals surface area contributed by atoms with Crippen molar-refractivity contribution < 1.29 is 10.6 Å². The molecule has 0 bridgehead atoms. The highest BCUT2D eigenvalue weighted by atomic mass is 16.3. The van der Waals surface area contributed by atoms with E-state index in [1.807, 2.05) is 0 Å². The van der Waals surface area contributed by atoms with Crippen LogP contribution in [0.1, 0.15) is 135 Å². The van der Waals surface area contributed by atoms with E-state index in [1.165, 1.54) is 92.6 Å². The minimum atomic E-state index is -0.289. The van der Waals surface area contributed by atoms with Crippen molar-refractivity contribution in [2.75, 3.05) is 0 Å². The Morgan fingerprint density at radius 1 is 0.744 bits per heavy atom. The molecule has 0 radical (unpaired) electrons. The number of fused-ring (bicyclic) bond motifs is 1. The van der Waals surface area contributed by atoms with E-state index in [0.717, 1.165) is 44.9 Å². The third kappa shape index (κ3) is 13.3. The summed E-state index contributed by atoms with van der Waals surface area (Å²) in [5.74, 6) is 0. The molecular formula is C30H59N5O4. The van der Waals surface area contributed by atoms with E-state index < -0.39 is 0 Å². The summed E-state index contributed by atoms with van der Waals surface area (Å²) >= 11 is 0. The lowest BCUT2D eigenvalue weighted by Gasteiger charge is -2.10. The maximum Gasteiger partial charge on any atom is 0.332 e. The van der Waals surface area contributed by atoms with E-state index >= 15 is 0 Å². The quantitative estimate of drug-likeness (QED) is 0.173. The van der Waals surface area contributed by atoms with Crippen molar-refractivity contribution in [2.24, 2.45) is 14.1 Å². The van der Waals surface area contributed by atoms with Gasteiger partial charge in [-0.15, -0.1) is 0 Å². The molecule has 0 amide bonds. The van der Waals surface area contributed by atoms with Crippen LogP contribution >= 0.6 is 0 Å². The van der Waals surface area contributed by atoms with Crippen LogP contribution in [0.15, 0.2) is 15.9 Å². The Kier molecular flexibility index (Phi) is 20.7. The van der Waals surface area contributed by atoms with Gasteiger partial charge >= 0.3 is 5.69 Å². The van der Waals surface area contributed by atoms with Gasteiger partial charge in [0.1, 0.15) is 0 Å². The summed E-state index contributed by atoms with van der Waals surface area (Å²) in [4.78, 5) is 29.4. The zero-order valence-corrected chi connectivity index (χ0v) is 25.3. The Hall–Kier alpha value is -1.97. The number of nitrogens with zero attached hydrogens (tertiary/aromatic N) is 4. The van der Waals surface area contributed by atoms with Crippen LogP contribution in [0, 0.1) is 0 Å². The third-order valence-electron chi connectivity index (χ3n) is 7.76. The summed E-state index contributed by atoms with van der Waals surface area (Å²) < 4.78 is 4.49. The van der Waals surface area contributed by atoms with Crippen molar-refractivity contribution >= 4 is 11.2 Å². The van der Waals surface area contributed by atoms with Gasteiger partial charge in [0, 0.05) is 20.6 Å². The molecule has 2 aromatic rings. The maximum atomic E-state index is 12.7. The summed E-state index contributed by atoms with van der Waals surface area (Å²) in [5, 5.41) is 10.2. The van der Waals surface area contributed by atoms with Crippen molar-refractivity contribution in [1.29, 1.82) is 0 Å². The number of hydrogen-bond donors (Lipinski definition) is 2. The number of imidazole rings is 1. The van der Waals surface area contributed by atoms with Crippen molar-refractivity contribution in [3.63, 3.8) is 0 Å². The number of aryl methyl sites for hydroxylation is 2. The number of aliphatic hydroxyl groups is 1. The molecule has 1 unspecified atom stereocenters. The van der Waals surface area contributed by atoms with Gasteiger partial charge in [-0.1, -0.05) is 116 Å². The van der Waals surface area contributed by atoms with Gasteiger partial charge in [-0.2, -0.15) is 0 Å². The monoisotopic (exact) mass is 553 g/mol. The van der Waals surface area contributed by atoms with Crippen molar-refractivity contribution in [3.8, 4) is 0 Å². The molecule has 2 aromatic heterocycles. The predicted molar refractivity (Wildman–Crippen MR) is 163 cm³/mol. The first-order valence-electron chi connectivity index (χ1n) is 15.3. The molecule has 2 heterocycles. The highest BCUT2D eigenvalue weighted by Gasteiger charge is 2.14. The van der Waals surface area contributed by atoms with Crippen LogP contribution in [0.3, 0.4) is 0 Å². The second-order valence-electron chi connectivity index (χ2n) is 11.1. The molecular weight excluding hydrogens is 494 g/mol. The fraction of sp³-hybridized carbons (Fsp3) is 0.833. The first-order valence-corrected chi connectivity index (χ1v) is 15.3. The number of hydrogen-bond acceptors (Lipinski definition) is 5. The standard InChI is InChI=1S/C30H54N4O3.H3N.H2O/c1-4-5-6-7-8-9-10-11-13-16-19-22-26(35)23-20-17-14-12-15-18-21-24-34-29(36)27-28(31-25-32(27)2)33(3)30(34)37;;/h25-26,35H,4-24H2,1-3H3;1H3;1H2. The van der Waals surface area contributed by atoms with E-state index in [-0.39, 0.29) is 29.0 Å². The summed E-state index contributed by atoms with van der Waals surface area (Å²) in [6.45, 7) is 2.73. The largest absolute Gasteiger partial charge is 0.412 e. The summed E-state index contributed by atoms with van der Waals surface area (Å²) in [6, 6.07) is 0. The summed E-state index contributed by atoms with van der Waals surface area (Å²) in [6.07, 6.45) is 25.8. The van der Waals surface area contributed by atoms with Gasteiger partial charge in [0.15, 0.2) is 11.2 Å². The van der Waals surface area contributed by atoms with Gasteiger partial charge in [0.2, 0.25) is 0 Å². The minimum absolute atomic E-state index is 0. The van der Waals surface area contributed by atoms with Crippen LogP contribution in [-0.2, 0) is 20.6 Å². The van der Waals surface area contributed by atoms with E-state index in [1.54, 1.807) is 25.0 Å². The molecule has 0 fully saturated rings. The second-order valence-corrected chi connectivity index (χ2v) is 11.1. The average molecular weight is 554 g/mol. The summed E-state index contributed by atoms with van der Waals surface area (Å²) in [7, 11) is 3.45. The van der Waals surface area contributed by atoms with Gasteiger partial charge < -0.3 is 21.3 Å². The lowest BCUT2D eigenvalue weighted by molar-refractivity contribution is 0.147. The van der Waals surface area contributed by atoms with Crippen molar-refractivity contribution in [1.82, 2.24) is 24.8 Å². The Morgan fingerprint density at radius 2 is 1.18 bits per heavy atom. The molecule has 0 saturated heterocycles. The topological polar surface area (TPSA) is 149 Å². The van der Waals surface area contributed by atoms with Gasteiger partial charge in [0.05, 0.1) is 12.4 Å². The summed E-state index contributed by atoms with van der Waals surface area (Å²) in [5.41, 5.74) is 0.387. The molecule has 6 N–H and O–H groups in total. The molecule has 0 aliphatic rings. The van der Waals surface area contributed by atoms with Crippen LogP contribution in [0.4, 0.5) is 0 Å². The predicted octanol–water partition coefficient (Wildman–Crippen LogP) is 5.95. The molecule has 0 aliphatic carbocycles. The smallest absolute Gasteiger partial charge is 0.332 e. The van der Waals surface area contributed by atoms with Gasteiger partial charge in [-0.05, 0) is 19.3 Å². The molecule has 9 nitrogen and oxygen atoms in total. The minimum Gasteiger partial charge on any atom is -0.412 e. The molecule has 0 aromatic carbocycles. The van der Waals surface area contributed by atoms with Crippen LogP contribution in [-0.4, -0.2) is 35.4 Å². The molecule has 0 spiro atoms. The fourth-order valence-electron chi connectivity index (χ4n) is 5.32. The van der Waals surface area contributed by atoms with Crippen molar-refractivity contribution in [3.05, 3.63) is 27.2 Å².